The van der Waals surface area contributed by atoms with Crippen LogP contribution >= 0.6 is 0 Å². The van der Waals surface area contributed by atoms with Gasteiger partial charge in [0.25, 0.3) is 11.8 Å². The number of nitrogens with one attached hydrogen (secondary N) is 1. The smallest absolute Gasteiger partial charge is 0.271 e. The Morgan fingerprint density at radius 2 is 1.76 bits per heavy atom. The van der Waals surface area contributed by atoms with E-state index in [1.54, 1.807) is 23.0 Å². The Labute approximate surface area is 169 Å². The van der Waals surface area contributed by atoms with E-state index in [1.807, 2.05) is 51.1 Å². The molecule has 1 heterocycles. The number of benzene rings is 2. The van der Waals surface area contributed by atoms with E-state index in [-0.39, 0.29) is 11.6 Å². The van der Waals surface area contributed by atoms with E-state index in [2.05, 4.69) is 10.4 Å². The van der Waals surface area contributed by atoms with E-state index in [4.69, 9.17) is 10.5 Å². The molecule has 0 aliphatic carbocycles. The summed E-state index contributed by atoms with van der Waals surface area (Å²) < 4.78 is 7.49. The minimum Gasteiger partial charge on any atom is -0.488 e. The summed E-state index contributed by atoms with van der Waals surface area (Å²) in [5.74, 6) is -0.155. The normalized spacial score (nSPS) is 10.6. The summed E-state index contributed by atoms with van der Waals surface area (Å²) in [7, 11) is 0. The van der Waals surface area contributed by atoms with Gasteiger partial charge in [0.15, 0.2) is 5.69 Å². The molecule has 0 unspecified atom stereocenters. The lowest BCUT2D eigenvalue weighted by atomic mass is 10.1. The second-order valence-corrected chi connectivity index (χ2v) is 6.77. The lowest BCUT2D eigenvalue weighted by molar-refractivity contribution is 0.0995. The van der Waals surface area contributed by atoms with E-state index in [1.165, 1.54) is 0 Å². The van der Waals surface area contributed by atoms with Crippen LogP contribution in [0.2, 0.25) is 0 Å². The summed E-state index contributed by atoms with van der Waals surface area (Å²) in [4.78, 5) is 24.1. The number of primary amides is 1. The molecule has 3 aromatic rings. The molecular weight excluding hydrogens is 368 g/mol. The van der Waals surface area contributed by atoms with Crippen molar-refractivity contribution in [3.05, 3.63) is 76.6 Å². The second kappa shape index (κ2) is 8.60. The van der Waals surface area contributed by atoms with Gasteiger partial charge >= 0.3 is 0 Å². The van der Waals surface area contributed by atoms with Crippen LogP contribution < -0.4 is 15.8 Å². The summed E-state index contributed by atoms with van der Waals surface area (Å²) in [6.07, 6.45) is 1.59. The number of hydrogen-bond acceptors (Lipinski definition) is 4. The highest BCUT2D eigenvalue weighted by molar-refractivity contribution is 6.07. The van der Waals surface area contributed by atoms with Gasteiger partial charge in [0.1, 0.15) is 12.4 Å². The van der Waals surface area contributed by atoms with Gasteiger partial charge in [-0.2, -0.15) is 5.10 Å². The lowest BCUT2D eigenvalue weighted by Gasteiger charge is -2.12. The Morgan fingerprint density at radius 3 is 2.34 bits per heavy atom. The van der Waals surface area contributed by atoms with Gasteiger partial charge in [-0.3, -0.25) is 14.3 Å². The third-order valence-corrected chi connectivity index (χ3v) is 4.58. The van der Waals surface area contributed by atoms with Gasteiger partial charge in [-0.15, -0.1) is 0 Å². The highest BCUT2D eigenvalue weighted by Crippen LogP contribution is 2.23. The molecule has 0 bridgehead atoms. The molecule has 2 amide bonds. The topological polar surface area (TPSA) is 99.2 Å². The summed E-state index contributed by atoms with van der Waals surface area (Å²) in [6.45, 7) is 6.87. The van der Waals surface area contributed by atoms with Crippen molar-refractivity contribution in [2.24, 2.45) is 5.73 Å². The number of carbonyl (C=O) groups is 2. The van der Waals surface area contributed by atoms with Crippen molar-refractivity contribution in [1.29, 1.82) is 0 Å². The molecule has 0 fully saturated rings. The van der Waals surface area contributed by atoms with Crippen LogP contribution in [0.3, 0.4) is 0 Å². The molecule has 2 aromatic carbocycles. The Balaban J connectivity index is 1.68. The van der Waals surface area contributed by atoms with Crippen LogP contribution in [0.15, 0.2) is 48.7 Å². The second-order valence-electron chi connectivity index (χ2n) is 6.77. The number of nitrogens with zero attached hydrogens (tertiary/aromatic N) is 2. The molecule has 7 nitrogen and oxygen atoms in total. The average Bonchev–Trinajstić information content (AvgIpc) is 3.11. The van der Waals surface area contributed by atoms with Crippen LogP contribution in [-0.2, 0) is 13.2 Å². The SMILES string of the molecule is CCn1cc(NC(=O)c2ccc(COc3c(C)cccc3C)cc2)c(C(N)=O)n1. The number of carbonyl (C=O) groups excluding carboxylic acids is 2. The molecule has 1 aromatic heterocycles. The third kappa shape index (κ3) is 4.63. The summed E-state index contributed by atoms with van der Waals surface area (Å²) in [5, 5.41) is 6.77. The zero-order chi connectivity index (χ0) is 21.0. The zero-order valence-electron chi connectivity index (χ0n) is 16.7. The maximum Gasteiger partial charge on any atom is 0.271 e. The monoisotopic (exact) mass is 392 g/mol. The molecule has 0 spiro atoms. The molecule has 0 atom stereocenters. The van der Waals surface area contributed by atoms with Gasteiger partial charge in [-0.1, -0.05) is 30.3 Å². The van der Waals surface area contributed by atoms with E-state index < -0.39 is 5.91 Å². The summed E-state index contributed by atoms with van der Waals surface area (Å²) >= 11 is 0. The van der Waals surface area contributed by atoms with Gasteiger partial charge < -0.3 is 15.8 Å². The molecule has 29 heavy (non-hydrogen) atoms. The van der Waals surface area contributed by atoms with Crippen LogP contribution in [0.4, 0.5) is 5.69 Å². The lowest BCUT2D eigenvalue weighted by Crippen LogP contribution is -2.18. The van der Waals surface area contributed by atoms with E-state index in [0.29, 0.717) is 24.4 Å². The summed E-state index contributed by atoms with van der Waals surface area (Å²) in [5.41, 5.74) is 9.25. The number of hydrogen-bond donors (Lipinski definition) is 2. The quantitative estimate of drug-likeness (QED) is 0.643. The zero-order valence-corrected chi connectivity index (χ0v) is 16.7. The number of nitrogens with two attached hydrogens (primary N) is 1. The third-order valence-electron chi connectivity index (χ3n) is 4.58. The van der Waals surface area contributed by atoms with E-state index in [9.17, 15) is 9.59 Å². The van der Waals surface area contributed by atoms with Crippen molar-refractivity contribution < 1.29 is 14.3 Å². The number of aromatic nitrogens is 2. The first-order chi connectivity index (χ1) is 13.9. The molecule has 0 saturated carbocycles. The Hall–Kier alpha value is -3.61. The minimum atomic E-state index is -0.688. The van der Waals surface area contributed by atoms with Crippen molar-refractivity contribution in [2.45, 2.75) is 33.9 Å². The van der Waals surface area contributed by atoms with Gasteiger partial charge in [0, 0.05) is 18.3 Å². The molecule has 0 saturated heterocycles. The van der Waals surface area contributed by atoms with Crippen molar-refractivity contribution in [2.75, 3.05) is 5.32 Å². The number of ether oxygens (including phenoxy) is 1. The molecule has 0 radical (unpaired) electrons. The Kier molecular flexibility index (Phi) is 5.97. The Morgan fingerprint density at radius 1 is 1.10 bits per heavy atom. The van der Waals surface area contributed by atoms with Crippen molar-refractivity contribution in [3.63, 3.8) is 0 Å². The first kappa shape index (κ1) is 20.1. The van der Waals surface area contributed by atoms with Crippen molar-refractivity contribution in [1.82, 2.24) is 9.78 Å². The fraction of sp³-hybridized carbons (Fsp3) is 0.227. The molecule has 7 heteroatoms. The van der Waals surface area contributed by atoms with Crippen molar-refractivity contribution >= 4 is 17.5 Å². The predicted molar refractivity (Wildman–Crippen MR) is 111 cm³/mol. The fourth-order valence-corrected chi connectivity index (χ4v) is 2.99. The average molecular weight is 392 g/mol. The molecule has 0 aliphatic heterocycles. The molecule has 3 rings (SSSR count). The van der Waals surface area contributed by atoms with Crippen LogP contribution in [0.1, 0.15) is 44.5 Å². The number of rotatable bonds is 7. The van der Waals surface area contributed by atoms with Gasteiger partial charge in [-0.25, -0.2) is 0 Å². The number of para-hydroxylation sites is 1. The first-order valence-electron chi connectivity index (χ1n) is 9.35. The van der Waals surface area contributed by atoms with Gasteiger partial charge in [0.05, 0.1) is 5.69 Å². The summed E-state index contributed by atoms with van der Waals surface area (Å²) in [6, 6.07) is 13.1. The number of anilines is 1. The minimum absolute atomic E-state index is 0.0406. The molecule has 3 N–H and O–H groups in total. The maximum absolute atomic E-state index is 12.5. The Bertz CT molecular complexity index is 1020. The van der Waals surface area contributed by atoms with Crippen LogP contribution in [-0.4, -0.2) is 21.6 Å². The maximum atomic E-state index is 12.5. The van der Waals surface area contributed by atoms with Crippen LogP contribution in [0.25, 0.3) is 0 Å². The molecular formula is C22H24N4O3. The van der Waals surface area contributed by atoms with Crippen molar-refractivity contribution in [3.8, 4) is 5.75 Å². The highest BCUT2D eigenvalue weighted by Gasteiger charge is 2.17. The van der Waals surface area contributed by atoms with Crippen LogP contribution in [0, 0.1) is 13.8 Å². The standard InChI is InChI=1S/C22H24N4O3/c1-4-26-12-18(19(25-26)21(23)27)24-22(28)17-10-8-16(9-11-17)13-29-20-14(2)6-5-7-15(20)3/h5-12H,4,13H2,1-3H3,(H2,23,27)(H,24,28). The largest absolute Gasteiger partial charge is 0.488 e. The number of aryl methyl sites for hydroxylation is 3. The van der Waals surface area contributed by atoms with E-state index in [0.717, 1.165) is 22.4 Å². The van der Waals surface area contributed by atoms with Gasteiger partial charge in [0.2, 0.25) is 0 Å². The van der Waals surface area contributed by atoms with Crippen LogP contribution in [0.5, 0.6) is 5.75 Å². The first-order valence-corrected chi connectivity index (χ1v) is 9.35. The van der Waals surface area contributed by atoms with Gasteiger partial charge in [-0.05, 0) is 49.6 Å². The predicted octanol–water partition coefficient (Wildman–Crippen LogP) is 3.45. The molecule has 0 aliphatic rings. The van der Waals surface area contributed by atoms with E-state index >= 15 is 0 Å². The highest BCUT2D eigenvalue weighted by atomic mass is 16.5. The fourth-order valence-electron chi connectivity index (χ4n) is 2.99. The molecule has 150 valence electrons. The number of amides is 2.